The fraction of sp³-hybridized carbons (Fsp3) is 1.00. The van der Waals surface area contributed by atoms with Crippen LogP contribution in [0.4, 0.5) is 0 Å². The van der Waals surface area contributed by atoms with Crippen LogP contribution >= 0.6 is 0 Å². The van der Waals surface area contributed by atoms with Gasteiger partial charge < -0.3 is 5.32 Å². The van der Waals surface area contributed by atoms with Crippen LogP contribution in [0.25, 0.3) is 0 Å². The number of rotatable bonds is 2. The fourth-order valence-corrected chi connectivity index (χ4v) is 4.98. The van der Waals surface area contributed by atoms with E-state index >= 15 is 0 Å². The Labute approximate surface area is 113 Å². The van der Waals surface area contributed by atoms with Crippen molar-refractivity contribution < 1.29 is 0 Å². The molecule has 4 atom stereocenters. The average molecular weight is 249 g/mol. The molecule has 3 saturated carbocycles. The Morgan fingerprint density at radius 3 is 2.28 bits per heavy atom. The summed E-state index contributed by atoms with van der Waals surface area (Å²) in [5.41, 5.74) is 0.737. The SMILES string of the molecule is CC1CCC(NC2CCC23CCCCC3)C(C)C1. The van der Waals surface area contributed by atoms with Crippen molar-refractivity contribution in [2.45, 2.75) is 90.1 Å². The largest absolute Gasteiger partial charge is 0.310 e. The van der Waals surface area contributed by atoms with Crippen molar-refractivity contribution in [1.29, 1.82) is 0 Å². The Balaban J connectivity index is 1.56. The summed E-state index contributed by atoms with van der Waals surface area (Å²) in [5, 5.41) is 4.09. The Hall–Kier alpha value is -0.0400. The summed E-state index contributed by atoms with van der Waals surface area (Å²) in [6, 6.07) is 1.70. The third kappa shape index (κ3) is 2.35. The highest BCUT2D eigenvalue weighted by Gasteiger charge is 2.47. The lowest BCUT2D eigenvalue weighted by Crippen LogP contribution is -2.58. The Bertz CT molecular complexity index is 279. The van der Waals surface area contributed by atoms with Gasteiger partial charge in [-0.15, -0.1) is 0 Å². The number of hydrogen-bond donors (Lipinski definition) is 1. The summed E-state index contributed by atoms with van der Waals surface area (Å²) in [5.74, 6) is 1.86. The van der Waals surface area contributed by atoms with Crippen LogP contribution in [0.15, 0.2) is 0 Å². The third-order valence-electron chi connectivity index (χ3n) is 6.37. The van der Waals surface area contributed by atoms with E-state index in [4.69, 9.17) is 0 Å². The molecule has 1 nitrogen and oxygen atoms in total. The van der Waals surface area contributed by atoms with Gasteiger partial charge in [0.25, 0.3) is 0 Å². The van der Waals surface area contributed by atoms with Gasteiger partial charge in [-0.25, -0.2) is 0 Å². The van der Waals surface area contributed by atoms with Crippen molar-refractivity contribution in [1.82, 2.24) is 5.32 Å². The summed E-state index contributed by atoms with van der Waals surface area (Å²) in [6.45, 7) is 4.90. The van der Waals surface area contributed by atoms with Gasteiger partial charge in [-0.2, -0.15) is 0 Å². The van der Waals surface area contributed by atoms with Gasteiger partial charge in [-0.05, 0) is 62.2 Å². The highest BCUT2D eigenvalue weighted by molar-refractivity contribution is 5.03. The van der Waals surface area contributed by atoms with Gasteiger partial charge in [0, 0.05) is 12.1 Å². The van der Waals surface area contributed by atoms with Crippen LogP contribution < -0.4 is 5.32 Å². The van der Waals surface area contributed by atoms with Crippen molar-refractivity contribution in [3.63, 3.8) is 0 Å². The minimum absolute atomic E-state index is 0.737. The summed E-state index contributed by atoms with van der Waals surface area (Å²) < 4.78 is 0. The molecule has 0 heterocycles. The van der Waals surface area contributed by atoms with Gasteiger partial charge >= 0.3 is 0 Å². The molecule has 1 spiro atoms. The summed E-state index contributed by atoms with van der Waals surface area (Å²) in [7, 11) is 0. The van der Waals surface area contributed by atoms with E-state index in [0.29, 0.717) is 0 Å². The second-order valence-corrected chi connectivity index (χ2v) is 7.68. The normalized spacial score (nSPS) is 43.7. The second-order valence-electron chi connectivity index (χ2n) is 7.68. The van der Waals surface area contributed by atoms with E-state index in [9.17, 15) is 0 Å². The zero-order valence-electron chi connectivity index (χ0n) is 12.4. The molecule has 18 heavy (non-hydrogen) atoms. The zero-order valence-corrected chi connectivity index (χ0v) is 12.4. The van der Waals surface area contributed by atoms with Crippen LogP contribution in [0, 0.1) is 17.3 Å². The van der Waals surface area contributed by atoms with Crippen LogP contribution in [0.3, 0.4) is 0 Å². The quantitative estimate of drug-likeness (QED) is 0.759. The van der Waals surface area contributed by atoms with E-state index in [-0.39, 0.29) is 0 Å². The van der Waals surface area contributed by atoms with Crippen molar-refractivity contribution in [2.24, 2.45) is 17.3 Å². The summed E-state index contributed by atoms with van der Waals surface area (Å²) in [6.07, 6.45) is 14.8. The number of nitrogens with one attached hydrogen (secondary N) is 1. The lowest BCUT2D eigenvalue weighted by molar-refractivity contribution is 0.00715. The maximum atomic E-state index is 4.09. The molecule has 0 aromatic carbocycles. The average Bonchev–Trinajstić information content (AvgIpc) is 2.37. The molecule has 0 aliphatic heterocycles. The topological polar surface area (TPSA) is 12.0 Å². The van der Waals surface area contributed by atoms with Crippen molar-refractivity contribution in [2.75, 3.05) is 0 Å². The van der Waals surface area contributed by atoms with Crippen molar-refractivity contribution in [3.8, 4) is 0 Å². The van der Waals surface area contributed by atoms with Gasteiger partial charge in [0.1, 0.15) is 0 Å². The van der Waals surface area contributed by atoms with Crippen LogP contribution in [0.1, 0.15) is 78.1 Å². The van der Waals surface area contributed by atoms with Gasteiger partial charge in [-0.1, -0.05) is 33.1 Å². The Morgan fingerprint density at radius 2 is 1.67 bits per heavy atom. The molecule has 0 aromatic rings. The minimum atomic E-state index is 0.737. The molecule has 104 valence electrons. The highest BCUT2D eigenvalue weighted by atomic mass is 15.0. The van der Waals surface area contributed by atoms with Gasteiger partial charge in [0.15, 0.2) is 0 Å². The van der Waals surface area contributed by atoms with Crippen molar-refractivity contribution in [3.05, 3.63) is 0 Å². The lowest BCUT2D eigenvalue weighted by atomic mass is 9.57. The van der Waals surface area contributed by atoms with Gasteiger partial charge in [-0.3, -0.25) is 0 Å². The minimum Gasteiger partial charge on any atom is -0.310 e. The van der Waals surface area contributed by atoms with Crippen LogP contribution in [0.5, 0.6) is 0 Å². The maximum absolute atomic E-state index is 4.09. The molecule has 0 aromatic heterocycles. The predicted octanol–water partition coefficient (Wildman–Crippen LogP) is 4.51. The van der Waals surface area contributed by atoms with E-state index in [1.54, 1.807) is 0 Å². The molecule has 1 N–H and O–H groups in total. The predicted molar refractivity (Wildman–Crippen MR) is 77.6 cm³/mol. The van der Waals surface area contributed by atoms with Crippen LogP contribution in [0.2, 0.25) is 0 Å². The second kappa shape index (κ2) is 5.15. The molecule has 1 heteroatoms. The lowest BCUT2D eigenvalue weighted by Gasteiger charge is -2.54. The van der Waals surface area contributed by atoms with E-state index in [1.807, 2.05) is 0 Å². The highest BCUT2D eigenvalue weighted by Crippen LogP contribution is 2.52. The van der Waals surface area contributed by atoms with Crippen LogP contribution in [-0.2, 0) is 0 Å². The monoisotopic (exact) mass is 249 g/mol. The van der Waals surface area contributed by atoms with Crippen LogP contribution in [-0.4, -0.2) is 12.1 Å². The molecule has 3 aliphatic rings. The molecule has 0 amide bonds. The zero-order chi connectivity index (χ0) is 12.6. The standard InChI is InChI=1S/C17H31N/c1-13-6-7-15(14(2)12-13)18-16-8-11-17(16)9-4-3-5-10-17/h13-16,18H,3-12H2,1-2H3. The molecule has 0 radical (unpaired) electrons. The van der Waals surface area contributed by atoms with E-state index in [0.717, 1.165) is 29.3 Å². The maximum Gasteiger partial charge on any atom is 0.0126 e. The molecular weight excluding hydrogens is 218 g/mol. The first kappa shape index (κ1) is 13.0. The third-order valence-corrected chi connectivity index (χ3v) is 6.37. The smallest absolute Gasteiger partial charge is 0.0126 e. The van der Waals surface area contributed by atoms with E-state index in [2.05, 4.69) is 19.2 Å². The van der Waals surface area contributed by atoms with E-state index < -0.39 is 0 Å². The summed E-state index contributed by atoms with van der Waals surface area (Å²) >= 11 is 0. The molecule has 3 rings (SSSR count). The first-order chi connectivity index (χ1) is 8.70. The molecular formula is C17H31N. The first-order valence-electron chi connectivity index (χ1n) is 8.46. The van der Waals surface area contributed by atoms with Gasteiger partial charge in [0.05, 0.1) is 0 Å². The first-order valence-corrected chi connectivity index (χ1v) is 8.46. The summed E-state index contributed by atoms with van der Waals surface area (Å²) in [4.78, 5) is 0. The van der Waals surface area contributed by atoms with Crippen molar-refractivity contribution >= 4 is 0 Å². The van der Waals surface area contributed by atoms with E-state index in [1.165, 1.54) is 64.2 Å². The molecule has 0 bridgehead atoms. The molecule has 3 aliphatic carbocycles. The molecule has 0 saturated heterocycles. The van der Waals surface area contributed by atoms with Gasteiger partial charge in [0.2, 0.25) is 0 Å². The Morgan fingerprint density at radius 1 is 0.889 bits per heavy atom. The number of hydrogen-bond acceptors (Lipinski definition) is 1. The molecule has 4 unspecified atom stereocenters. The fourth-order valence-electron chi connectivity index (χ4n) is 4.98. The molecule has 3 fully saturated rings. The Kier molecular flexibility index (Phi) is 3.71.